The zero-order valence-electron chi connectivity index (χ0n) is 17.0. The maximum atomic E-state index is 5.57. The molecule has 0 saturated carbocycles. The van der Waals surface area contributed by atoms with Crippen LogP contribution in [-0.4, -0.2) is 64.8 Å². The first kappa shape index (κ1) is 19.9. The quantitative estimate of drug-likeness (QED) is 0.846. The number of ether oxygens (including phenoxy) is 1. The molecule has 0 aliphatic carbocycles. The average Bonchev–Trinajstić information content (AvgIpc) is 3.10. The molecule has 3 heterocycles. The van der Waals surface area contributed by atoms with E-state index in [9.17, 15) is 0 Å². The van der Waals surface area contributed by atoms with Crippen LogP contribution < -0.4 is 5.32 Å². The molecule has 0 bridgehead atoms. The lowest BCUT2D eigenvalue weighted by molar-refractivity contribution is -0.00923. The third kappa shape index (κ3) is 4.52. The maximum Gasteiger partial charge on any atom is 0.133 e. The fourth-order valence-electron chi connectivity index (χ4n) is 3.59. The largest absolute Gasteiger partial charge is 0.379 e. The highest BCUT2D eigenvalue weighted by Crippen LogP contribution is 2.34. The highest BCUT2D eigenvalue weighted by atomic mass is 32.2. The molecule has 0 amide bonds. The van der Waals surface area contributed by atoms with Crippen molar-refractivity contribution in [3.05, 3.63) is 17.6 Å². The number of hydrogen-bond acceptors (Lipinski definition) is 6. The first-order chi connectivity index (χ1) is 12.3. The zero-order chi connectivity index (χ0) is 18.8. The van der Waals surface area contributed by atoms with Gasteiger partial charge in [-0.25, -0.2) is 9.97 Å². The first-order valence-corrected chi connectivity index (χ1v) is 11.0. The molecule has 6 heteroatoms. The molecule has 0 spiro atoms. The lowest BCUT2D eigenvalue weighted by Gasteiger charge is -2.43. The number of nitrogens with zero attached hydrogens (tertiary/aromatic N) is 3. The van der Waals surface area contributed by atoms with Crippen molar-refractivity contribution in [1.29, 1.82) is 0 Å². The van der Waals surface area contributed by atoms with Gasteiger partial charge in [-0.2, -0.15) is 11.8 Å². The predicted octanol–water partition coefficient (Wildman–Crippen LogP) is 3.52. The van der Waals surface area contributed by atoms with Crippen LogP contribution in [0.15, 0.2) is 6.07 Å². The van der Waals surface area contributed by atoms with Crippen molar-refractivity contribution in [1.82, 2.24) is 14.9 Å². The Morgan fingerprint density at radius 1 is 1.27 bits per heavy atom. The third-order valence-corrected chi connectivity index (χ3v) is 6.63. The van der Waals surface area contributed by atoms with E-state index >= 15 is 0 Å². The van der Waals surface area contributed by atoms with E-state index in [4.69, 9.17) is 14.7 Å². The summed E-state index contributed by atoms with van der Waals surface area (Å²) in [6.07, 6.45) is 1.24. The zero-order valence-corrected chi connectivity index (χ0v) is 17.8. The molecule has 1 atom stereocenters. The Labute approximate surface area is 162 Å². The topological polar surface area (TPSA) is 50.3 Å². The van der Waals surface area contributed by atoms with Gasteiger partial charge in [-0.1, -0.05) is 34.6 Å². The van der Waals surface area contributed by atoms with Crippen molar-refractivity contribution in [3.63, 3.8) is 0 Å². The second-order valence-electron chi connectivity index (χ2n) is 8.88. The minimum absolute atomic E-state index is 0.0219. The molecule has 1 N–H and O–H groups in total. The molecule has 1 aromatic heterocycles. The van der Waals surface area contributed by atoms with Gasteiger partial charge in [0.25, 0.3) is 0 Å². The molecule has 3 rings (SSSR count). The van der Waals surface area contributed by atoms with Crippen molar-refractivity contribution in [2.45, 2.75) is 57.9 Å². The van der Waals surface area contributed by atoms with Crippen LogP contribution >= 0.6 is 11.8 Å². The highest BCUT2D eigenvalue weighted by Gasteiger charge is 2.40. The molecule has 2 aliphatic heterocycles. The van der Waals surface area contributed by atoms with Gasteiger partial charge in [-0.05, 0) is 12.2 Å². The Balaban J connectivity index is 1.79. The van der Waals surface area contributed by atoms with E-state index in [1.54, 1.807) is 0 Å². The monoisotopic (exact) mass is 378 g/mol. The van der Waals surface area contributed by atoms with Crippen LogP contribution in [0.25, 0.3) is 0 Å². The molecule has 2 aliphatic rings. The summed E-state index contributed by atoms with van der Waals surface area (Å²) >= 11 is 2.07. The summed E-state index contributed by atoms with van der Waals surface area (Å²) in [7, 11) is 0. The molecule has 146 valence electrons. The second-order valence-corrected chi connectivity index (χ2v) is 9.99. The van der Waals surface area contributed by atoms with Gasteiger partial charge in [0.05, 0.1) is 18.9 Å². The lowest BCUT2D eigenvalue weighted by Crippen LogP contribution is -2.57. The summed E-state index contributed by atoms with van der Waals surface area (Å²) in [4.78, 5) is 12.3. The van der Waals surface area contributed by atoms with Crippen LogP contribution in [0.2, 0.25) is 0 Å². The van der Waals surface area contributed by atoms with Crippen LogP contribution in [0.3, 0.4) is 0 Å². The Hall–Kier alpha value is -0.850. The van der Waals surface area contributed by atoms with Crippen LogP contribution in [0, 0.1) is 0 Å². The van der Waals surface area contributed by atoms with Gasteiger partial charge >= 0.3 is 0 Å². The van der Waals surface area contributed by atoms with Crippen molar-refractivity contribution in [3.8, 4) is 0 Å². The molecule has 1 aromatic rings. The highest BCUT2D eigenvalue weighted by molar-refractivity contribution is 7.99. The van der Waals surface area contributed by atoms with Crippen LogP contribution in [0.1, 0.15) is 58.5 Å². The summed E-state index contributed by atoms with van der Waals surface area (Å²) in [6.45, 7) is 15.7. The summed E-state index contributed by atoms with van der Waals surface area (Å²) in [5.41, 5.74) is 1.35. The van der Waals surface area contributed by atoms with Crippen molar-refractivity contribution in [2.24, 2.45) is 0 Å². The van der Waals surface area contributed by atoms with E-state index in [1.165, 1.54) is 17.9 Å². The normalized spacial score (nSPS) is 25.0. The number of thioether (sulfide) groups is 1. The Morgan fingerprint density at radius 3 is 2.58 bits per heavy atom. The van der Waals surface area contributed by atoms with E-state index in [0.717, 1.165) is 50.2 Å². The van der Waals surface area contributed by atoms with E-state index in [2.05, 4.69) is 62.7 Å². The fourth-order valence-corrected chi connectivity index (χ4v) is 5.07. The number of nitrogens with one attached hydrogen (secondary N) is 1. The molecule has 0 radical (unpaired) electrons. The Morgan fingerprint density at radius 2 is 2.00 bits per heavy atom. The van der Waals surface area contributed by atoms with Gasteiger partial charge in [0, 0.05) is 48.3 Å². The summed E-state index contributed by atoms with van der Waals surface area (Å²) in [5, 5.41) is 3.69. The van der Waals surface area contributed by atoms with Crippen LogP contribution in [0.4, 0.5) is 5.82 Å². The van der Waals surface area contributed by atoms with Crippen molar-refractivity contribution >= 4 is 17.6 Å². The fraction of sp³-hybridized carbons (Fsp3) is 0.800. The summed E-state index contributed by atoms with van der Waals surface area (Å²) in [5.74, 6) is 4.66. The van der Waals surface area contributed by atoms with Gasteiger partial charge in [-0.15, -0.1) is 0 Å². The van der Waals surface area contributed by atoms with E-state index in [1.807, 2.05) is 0 Å². The van der Waals surface area contributed by atoms with Gasteiger partial charge in [0.1, 0.15) is 11.6 Å². The molecular formula is C20H34N4OS. The smallest absolute Gasteiger partial charge is 0.133 e. The number of anilines is 1. The van der Waals surface area contributed by atoms with Crippen molar-refractivity contribution in [2.75, 3.05) is 49.7 Å². The van der Waals surface area contributed by atoms with Gasteiger partial charge in [-0.3, -0.25) is 4.90 Å². The van der Waals surface area contributed by atoms with E-state index in [-0.39, 0.29) is 11.0 Å². The molecule has 1 unspecified atom stereocenters. The van der Waals surface area contributed by atoms with Crippen LogP contribution in [0.5, 0.6) is 0 Å². The molecule has 26 heavy (non-hydrogen) atoms. The molecule has 2 saturated heterocycles. The third-order valence-electron chi connectivity index (χ3n) is 5.39. The number of morpholine rings is 1. The second kappa shape index (κ2) is 8.03. The van der Waals surface area contributed by atoms with Gasteiger partial charge in [0.15, 0.2) is 0 Å². The molecule has 2 fully saturated rings. The van der Waals surface area contributed by atoms with E-state index < -0.39 is 0 Å². The summed E-state index contributed by atoms with van der Waals surface area (Å²) < 4.78 is 5.57. The Kier molecular flexibility index (Phi) is 6.14. The number of rotatable bonds is 5. The number of aromatic nitrogens is 2. The standard InChI is InChI=1S/C20H34N4OS/c1-15(2)18-22-16(19(3,4)5)12-17(23-18)21-13-20(6-11-26-14-20)24-7-9-25-10-8-24/h12,15H,6-11,13-14H2,1-5H3,(H,21,22,23). The number of hydrogen-bond donors (Lipinski definition) is 1. The minimum Gasteiger partial charge on any atom is -0.379 e. The predicted molar refractivity (Wildman–Crippen MR) is 110 cm³/mol. The average molecular weight is 379 g/mol. The molecular weight excluding hydrogens is 344 g/mol. The SMILES string of the molecule is CC(C)c1nc(NCC2(N3CCOCC3)CCSC2)cc(C(C)(C)C)n1. The lowest BCUT2D eigenvalue weighted by atomic mass is 9.91. The minimum atomic E-state index is 0.0219. The van der Waals surface area contributed by atoms with E-state index in [0.29, 0.717) is 5.92 Å². The van der Waals surface area contributed by atoms with Crippen LogP contribution in [-0.2, 0) is 10.2 Å². The maximum absolute atomic E-state index is 5.57. The molecule has 0 aromatic carbocycles. The Bertz CT molecular complexity index is 602. The summed E-state index contributed by atoms with van der Waals surface area (Å²) in [6, 6.07) is 2.14. The van der Waals surface area contributed by atoms with Crippen molar-refractivity contribution < 1.29 is 4.74 Å². The first-order valence-electron chi connectivity index (χ1n) is 9.84. The molecule has 5 nitrogen and oxygen atoms in total. The van der Waals surface area contributed by atoms with Gasteiger partial charge < -0.3 is 10.1 Å². The van der Waals surface area contributed by atoms with Gasteiger partial charge in [0.2, 0.25) is 0 Å².